The van der Waals surface area contributed by atoms with E-state index in [2.05, 4.69) is 22.9 Å². The average Bonchev–Trinajstić information content (AvgIpc) is 1.19. The van der Waals surface area contributed by atoms with Crippen LogP contribution < -0.4 is 16.0 Å². The lowest BCUT2D eigenvalue weighted by molar-refractivity contribution is -0.182. The SMILES string of the molecule is CCCOC[C@H]1C(=O)N[C@@H]([C@@H](C)CC)C(=O)N(C)CC(=O)N(C)[C@H]2C/C=C\CCN(C2=O)[C@@H](CC2CCC(C)CC2)C(=O)N(C)CC(=O)N[C@@H](CCC2CCC(C(F)(F)F)C(Cl)C2)C(=O)N2C[C@@H](C)C[C@H]2C(=O)NC2(CC(C)(C)C2)C(=O)N(C)[C@@H](C2CCCC2)C(=O)N(C)[C@H](C(=O)N(C)CC)CC(=O)N1C. The van der Waals surface area contributed by atoms with Gasteiger partial charge in [-0.15, -0.1) is 11.6 Å². The molecule has 7 rings (SSSR count). The highest BCUT2D eigenvalue weighted by molar-refractivity contribution is 6.21. The zero-order valence-electron chi connectivity index (χ0n) is 65.7. The van der Waals surface area contributed by atoms with Gasteiger partial charge in [-0.2, -0.15) is 13.2 Å². The minimum atomic E-state index is -4.52. The van der Waals surface area contributed by atoms with Crippen molar-refractivity contribution in [2.75, 3.05) is 95.3 Å². The van der Waals surface area contributed by atoms with Crippen LogP contribution in [0.4, 0.5) is 13.2 Å². The van der Waals surface area contributed by atoms with E-state index in [0.717, 1.165) is 48.3 Å². The Labute approximate surface area is 631 Å². The molecular weight excluding hydrogens is 1390 g/mol. The van der Waals surface area contributed by atoms with Crippen LogP contribution in [0.5, 0.6) is 0 Å². The fraction of sp³-hybridized carbons (Fsp3) is 0.818. The number of nitrogens with one attached hydrogen (secondary N) is 3. The van der Waals surface area contributed by atoms with Gasteiger partial charge in [0.05, 0.1) is 32.0 Å². The number of carbonyl (C=O) groups excluding carboxylic acids is 12. The van der Waals surface area contributed by atoms with Gasteiger partial charge in [0.2, 0.25) is 70.9 Å². The standard InChI is InChI=1S/C77H124ClF3N12O13/c1-16-36-106-44-60-66(97)83-64(49(6)17-2)72(103)87(11)43-63(96)88(12)56-26-20-19-23-35-92(71(56)102)59(39-51-29-27-47(4)28-30-51)70(101)86(10)42-61(94)82-55(34-32-50-31-33-53(54(78)38-50)77(79,80)81)68(99)93-41-48(5)37-57(93)67(98)84-76(45-75(7,8)46-76)74(105)91(15)65(52-24-21-22-25-52)73(104)90(14)58(40-62(95)89(60)13)69(100)85(9)18-3/h19-20,47-60,64-65H,16-18,21-46H2,1-15H3,(H,82,94)(H,83,97)(H,84,98)/b20-19-/t47?,48-,49-,50?,51?,53?,54?,55-,56-,57-,58-,59-,60-,64-,65-/m0/s1. The molecule has 4 saturated carbocycles. The predicted molar refractivity (Wildman–Crippen MR) is 394 cm³/mol. The summed E-state index contributed by atoms with van der Waals surface area (Å²) in [4.78, 5) is 194. The van der Waals surface area contributed by atoms with E-state index >= 15 is 33.6 Å². The van der Waals surface area contributed by atoms with Gasteiger partial charge in [-0.25, -0.2) is 0 Å². The fourth-order valence-electron chi connectivity index (χ4n) is 17.5. The predicted octanol–water partition coefficient (Wildman–Crippen LogP) is 6.77. The van der Waals surface area contributed by atoms with Crippen molar-refractivity contribution in [3.05, 3.63) is 12.2 Å². The Morgan fingerprint density at radius 1 is 0.689 bits per heavy atom. The molecule has 2 saturated heterocycles. The number of halogens is 4. The number of carbonyl (C=O) groups is 12. The van der Waals surface area contributed by atoms with Gasteiger partial charge in [-0.3, -0.25) is 57.5 Å². The van der Waals surface area contributed by atoms with Gasteiger partial charge in [0, 0.05) is 81.0 Å². The van der Waals surface area contributed by atoms with Gasteiger partial charge >= 0.3 is 6.18 Å². The molecule has 29 heteroatoms. The third-order valence-electron chi connectivity index (χ3n) is 24.3. The molecule has 12 amide bonds. The Balaban J connectivity index is 1.32. The van der Waals surface area contributed by atoms with Crippen LogP contribution in [-0.4, -0.2) is 276 Å². The second kappa shape index (κ2) is 37.7. The first-order valence-corrected chi connectivity index (χ1v) is 39.5. The second-order valence-corrected chi connectivity index (χ2v) is 33.7. The summed E-state index contributed by atoms with van der Waals surface area (Å²) in [5.74, 6) is -10.8. The van der Waals surface area contributed by atoms with Gasteiger partial charge < -0.3 is 64.8 Å². The van der Waals surface area contributed by atoms with Gasteiger partial charge in [-0.05, 0) is 138 Å². The lowest BCUT2D eigenvalue weighted by atomic mass is 9.58. The summed E-state index contributed by atoms with van der Waals surface area (Å²) in [5, 5.41) is 7.63. The molecule has 0 aromatic carbocycles. The molecule has 0 radical (unpaired) electrons. The largest absolute Gasteiger partial charge is 0.393 e. The number of alkyl halides is 4. The lowest BCUT2D eigenvalue weighted by Gasteiger charge is -2.54. The quantitative estimate of drug-likeness (QED) is 0.0921. The highest BCUT2D eigenvalue weighted by Gasteiger charge is 2.59. The Morgan fingerprint density at radius 3 is 1.93 bits per heavy atom. The lowest BCUT2D eigenvalue weighted by Crippen LogP contribution is -2.71. The van der Waals surface area contributed by atoms with Crippen LogP contribution in [0, 0.1) is 46.8 Å². The van der Waals surface area contributed by atoms with Gasteiger partial charge in [0.1, 0.15) is 53.9 Å². The number of rotatable bonds is 14. The summed E-state index contributed by atoms with van der Waals surface area (Å²) < 4.78 is 48.3. The van der Waals surface area contributed by atoms with Crippen molar-refractivity contribution in [1.29, 1.82) is 0 Å². The molecule has 7 aliphatic rings. The average molecular weight is 1520 g/mol. The van der Waals surface area contributed by atoms with E-state index < -0.39 is 179 Å². The zero-order chi connectivity index (χ0) is 78.6. The third-order valence-corrected chi connectivity index (χ3v) is 24.8. The van der Waals surface area contributed by atoms with Crippen molar-refractivity contribution < 1.29 is 75.4 Å². The molecule has 106 heavy (non-hydrogen) atoms. The summed E-state index contributed by atoms with van der Waals surface area (Å²) in [6, 6.07) is -10.2. The zero-order valence-corrected chi connectivity index (χ0v) is 66.5. The molecule has 3 unspecified atom stereocenters. The molecule has 0 aromatic rings. The molecule has 0 aromatic heterocycles. The Morgan fingerprint density at radius 2 is 1.33 bits per heavy atom. The van der Waals surface area contributed by atoms with E-state index in [1.807, 2.05) is 40.7 Å². The van der Waals surface area contributed by atoms with Crippen LogP contribution in [0.3, 0.4) is 0 Å². The van der Waals surface area contributed by atoms with Crippen LogP contribution in [0.15, 0.2) is 12.2 Å². The first-order valence-electron chi connectivity index (χ1n) is 39.1. The van der Waals surface area contributed by atoms with Crippen molar-refractivity contribution in [2.24, 2.45) is 46.8 Å². The second-order valence-electron chi connectivity index (χ2n) is 33.2. The maximum Gasteiger partial charge on any atom is 0.393 e. The molecule has 3 heterocycles. The monoisotopic (exact) mass is 1520 g/mol. The van der Waals surface area contributed by atoms with E-state index in [-0.39, 0.29) is 115 Å². The van der Waals surface area contributed by atoms with E-state index in [0.29, 0.717) is 38.0 Å². The molecule has 13 atom stereocenters. The highest BCUT2D eigenvalue weighted by Crippen LogP contribution is 2.50. The molecule has 3 N–H and O–H groups in total. The van der Waals surface area contributed by atoms with Crippen molar-refractivity contribution >= 4 is 82.5 Å². The molecule has 4 aliphatic carbocycles. The van der Waals surface area contributed by atoms with Gasteiger partial charge in [0.25, 0.3) is 0 Å². The molecule has 3 aliphatic heterocycles. The first-order chi connectivity index (χ1) is 49.8. The number of hydrogen-bond acceptors (Lipinski definition) is 13. The minimum Gasteiger partial charge on any atom is -0.379 e. The van der Waals surface area contributed by atoms with E-state index in [1.54, 1.807) is 19.9 Å². The number of likely N-dealkylation sites (N-methyl/N-ethyl adjacent to an activating group) is 7. The number of hydrogen-bond donors (Lipinski definition) is 3. The van der Waals surface area contributed by atoms with E-state index in [1.165, 1.54) is 83.6 Å². The number of nitrogens with zero attached hydrogens (tertiary/aromatic N) is 9. The molecule has 598 valence electrons. The molecule has 1 spiro atoms. The van der Waals surface area contributed by atoms with Crippen molar-refractivity contribution in [3.63, 3.8) is 0 Å². The maximum absolute atomic E-state index is 15.8. The van der Waals surface area contributed by atoms with Crippen molar-refractivity contribution in [1.82, 2.24) is 60.0 Å². The summed E-state index contributed by atoms with van der Waals surface area (Å²) >= 11 is 6.46. The third kappa shape index (κ3) is 21.3. The van der Waals surface area contributed by atoms with Crippen LogP contribution in [0.1, 0.15) is 197 Å². The topological polar surface area (TPSA) is 279 Å². The summed E-state index contributed by atoms with van der Waals surface area (Å²) in [5.41, 5.74) is -2.12. The summed E-state index contributed by atoms with van der Waals surface area (Å²) in [6.45, 7) is 14.1. The van der Waals surface area contributed by atoms with Crippen molar-refractivity contribution in [2.45, 2.75) is 262 Å². The van der Waals surface area contributed by atoms with E-state index in [9.17, 15) is 37.1 Å². The Hall–Kier alpha value is -6.58. The Kier molecular flexibility index (Phi) is 30.8. The fourth-order valence-corrected chi connectivity index (χ4v) is 18.1. The van der Waals surface area contributed by atoms with Crippen LogP contribution in [0.2, 0.25) is 0 Å². The van der Waals surface area contributed by atoms with Crippen LogP contribution >= 0.6 is 11.6 Å². The number of amides is 12. The molecular formula is C77H124ClF3N12O13. The molecule has 6 fully saturated rings. The number of ether oxygens (including phenoxy) is 1. The Bertz CT molecular complexity index is 3160. The molecule has 2 bridgehead atoms. The normalized spacial score (nSPS) is 31.9. The smallest absolute Gasteiger partial charge is 0.379 e. The van der Waals surface area contributed by atoms with Crippen molar-refractivity contribution in [3.8, 4) is 0 Å². The maximum atomic E-state index is 15.8. The van der Waals surface area contributed by atoms with E-state index in [4.69, 9.17) is 16.3 Å². The molecule has 25 nitrogen and oxygen atoms in total. The highest BCUT2D eigenvalue weighted by atomic mass is 35.5. The van der Waals surface area contributed by atoms with Crippen LogP contribution in [-0.2, 0) is 62.3 Å². The summed E-state index contributed by atoms with van der Waals surface area (Å²) in [7, 11) is 10.1. The van der Waals surface area contributed by atoms with Crippen LogP contribution in [0.25, 0.3) is 0 Å². The van der Waals surface area contributed by atoms with Gasteiger partial charge in [-0.1, -0.05) is 106 Å². The number of fused-ring (bicyclic) bond motifs is 3. The van der Waals surface area contributed by atoms with Gasteiger partial charge in [0.15, 0.2) is 0 Å². The summed E-state index contributed by atoms with van der Waals surface area (Å²) in [6.07, 6.45) is 6.25. The minimum absolute atomic E-state index is 0.00199. The first kappa shape index (κ1) is 86.7.